The van der Waals surface area contributed by atoms with E-state index >= 15 is 0 Å². The van der Waals surface area contributed by atoms with Crippen molar-refractivity contribution in [1.82, 2.24) is 0 Å². The maximum absolute atomic E-state index is 12.3. The Morgan fingerprint density at radius 1 is 1.25 bits per heavy atom. The van der Waals surface area contributed by atoms with E-state index in [1.807, 2.05) is 0 Å². The van der Waals surface area contributed by atoms with Crippen molar-refractivity contribution in [2.24, 2.45) is 0 Å². The number of benzene rings is 1. The molecule has 0 aliphatic carbocycles. The van der Waals surface area contributed by atoms with Gasteiger partial charge in [-0.05, 0) is 24.6 Å². The van der Waals surface area contributed by atoms with Crippen molar-refractivity contribution in [3.05, 3.63) is 35.4 Å². The summed E-state index contributed by atoms with van der Waals surface area (Å²) < 4.78 is 41.3. The van der Waals surface area contributed by atoms with Gasteiger partial charge in [-0.2, -0.15) is 13.2 Å². The summed E-state index contributed by atoms with van der Waals surface area (Å²) in [4.78, 5) is 11.1. The van der Waals surface area contributed by atoms with E-state index in [2.05, 4.69) is 4.74 Å². The Morgan fingerprint density at radius 2 is 1.75 bits per heavy atom. The number of carbonyl (C=O) groups is 1. The number of halogens is 3. The van der Waals surface area contributed by atoms with Gasteiger partial charge < -0.3 is 4.74 Å². The molecule has 0 unspecified atom stereocenters. The lowest BCUT2D eigenvalue weighted by molar-refractivity contribution is -0.142. The van der Waals surface area contributed by atoms with Gasteiger partial charge in [0, 0.05) is 0 Å². The summed E-state index contributed by atoms with van der Waals surface area (Å²) in [5, 5.41) is 0. The lowest BCUT2D eigenvalue weighted by Crippen LogP contribution is -2.11. The SMILES string of the molecule is COC(=O)[C@@H](C)c1ccc(C(F)(F)F)cc1. The molecule has 1 aromatic carbocycles. The normalized spacial score (nSPS) is 13.3. The molecule has 0 fully saturated rings. The molecule has 5 heteroatoms. The molecule has 1 atom stereocenters. The third-order valence-corrected chi connectivity index (χ3v) is 2.29. The van der Waals surface area contributed by atoms with Crippen LogP contribution in [0.5, 0.6) is 0 Å². The van der Waals surface area contributed by atoms with E-state index in [9.17, 15) is 18.0 Å². The second-order valence-electron chi connectivity index (χ2n) is 3.36. The Balaban J connectivity index is 2.91. The van der Waals surface area contributed by atoms with E-state index in [1.54, 1.807) is 6.92 Å². The molecule has 2 nitrogen and oxygen atoms in total. The number of alkyl halides is 3. The molecule has 0 radical (unpaired) electrons. The Kier molecular flexibility index (Phi) is 3.57. The number of hydrogen-bond donors (Lipinski definition) is 0. The summed E-state index contributed by atoms with van der Waals surface area (Å²) in [6.45, 7) is 1.58. The van der Waals surface area contributed by atoms with Crippen molar-refractivity contribution in [3.8, 4) is 0 Å². The molecule has 0 aliphatic heterocycles. The van der Waals surface area contributed by atoms with Crippen LogP contribution < -0.4 is 0 Å². The molecule has 0 bridgehead atoms. The minimum Gasteiger partial charge on any atom is -0.469 e. The van der Waals surface area contributed by atoms with Gasteiger partial charge >= 0.3 is 12.1 Å². The maximum Gasteiger partial charge on any atom is 0.416 e. The van der Waals surface area contributed by atoms with Gasteiger partial charge in [-0.1, -0.05) is 12.1 Å². The first kappa shape index (κ1) is 12.5. The zero-order valence-corrected chi connectivity index (χ0v) is 8.84. The first-order valence-corrected chi connectivity index (χ1v) is 4.61. The first-order valence-electron chi connectivity index (χ1n) is 4.61. The maximum atomic E-state index is 12.3. The van der Waals surface area contributed by atoms with Crippen LogP contribution in [-0.4, -0.2) is 13.1 Å². The summed E-state index contributed by atoms with van der Waals surface area (Å²) in [7, 11) is 1.24. The highest BCUT2D eigenvalue weighted by Crippen LogP contribution is 2.30. The number of carbonyl (C=O) groups excluding carboxylic acids is 1. The summed E-state index contributed by atoms with van der Waals surface area (Å²) in [6, 6.07) is 4.47. The van der Waals surface area contributed by atoms with E-state index < -0.39 is 23.6 Å². The molecule has 0 amide bonds. The zero-order valence-electron chi connectivity index (χ0n) is 8.84. The number of ether oxygens (including phenoxy) is 1. The molecule has 0 spiro atoms. The summed E-state index contributed by atoms with van der Waals surface area (Å²) >= 11 is 0. The van der Waals surface area contributed by atoms with Crippen LogP contribution in [0.2, 0.25) is 0 Å². The average Bonchev–Trinajstić information content (AvgIpc) is 2.26. The van der Waals surface area contributed by atoms with E-state index in [1.165, 1.54) is 19.2 Å². The lowest BCUT2D eigenvalue weighted by Gasteiger charge is -2.11. The zero-order chi connectivity index (χ0) is 12.3. The first-order chi connectivity index (χ1) is 7.36. The van der Waals surface area contributed by atoms with Crippen molar-refractivity contribution in [2.75, 3.05) is 7.11 Å². The molecule has 1 aromatic rings. The molecule has 16 heavy (non-hydrogen) atoms. The molecule has 0 heterocycles. The number of methoxy groups -OCH3 is 1. The van der Waals surface area contributed by atoms with Crippen molar-refractivity contribution >= 4 is 5.97 Å². The van der Waals surface area contributed by atoms with Gasteiger partial charge in [0.25, 0.3) is 0 Å². The van der Waals surface area contributed by atoms with Crippen molar-refractivity contribution < 1.29 is 22.7 Å². The molecule has 1 rings (SSSR count). The number of hydrogen-bond acceptors (Lipinski definition) is 2. The highest BCUT2D eigenvalue weighted by Gasteiger charge is 2.30. The fourth-order valence-electron chi connectivity index (χ4n) is 1.27. The predicted octanol–water partition coefficient (Wildman–Crippen LogP) is 2.98. The van der Waals surface area contributed by atoms with Gasteiger partial charge in [0.05, 0.1) is 18.6 Å². The average molecular weight is 232 g/mol. The fourth-order valence-corrected chi connectivity index (χ4v) is 1.27. The smallest absolute Gasteiger partial charge is 0.416 e. The van der Waals surface area contributed by atoms with E-state index in [-0.39, 0.29) is 0 Å². The van der Waals surface area contributed by atoms with Crippen molar-refractivity contribution in [1.29, 1.82) is 0 Å². The third-order valence-electron chi connectivity index (χ3n) is 2.29. The van der Waals surface area contributed by atoms with Crippen molar-refractivity contribution in [2.45, 2.75) is 19.0 Å². The van der Waals surface area contributed by atoms with Crippen LogP contribution in [-0.2, 0) is 15.7 Å². The number of rotatable bonds is 2. The standard InChI is InChI=1S/C11H11F3O2/c1-7(10(15)16-2)8-3-5-9(6-4-8)11(12,13)14/h3-7H,1-2H3/t7-/m0/s1. The number of esters is 1. The molecule has 88 valence electrons. The Labute approximate surface area is 91.0 Å². The minimum atomic E-state index is -4.35. The molecule has 0 aliphatic rings. The van der Waals surface area contributed by atoms with Crippen LogP contribution in [0.25, 0.3) is 0 Å². The quantitative estimate of drug-likeness (QED) is 0.733. The summed E-state index contributed by atoms with van der Waals surface area (Å²) in [5.74, 6) is -1.04. The van der Waals surface area contributed by atoms with Gasteiger partial charge in [0.1, 0.15) is 0 Å². The molecular weight excluding hydrogens is 221 g/mol. The van der Waals surface area contributed by atoms with Gasteiger partial charge in [-0.3, -0.25) is 4.79 Å². The highest BCUT2D eigenvalue weighted by molar-refractivity contribution is 5.77. The van der Waals surface area contributed by atoms with E-state index in [0.29, 0.717) is 5.56 Å². The molecule has 0 saturated carbocycles. The highest BCUT2D eigenvalue weighted by atomic mass is 19.4. The molecular formula is C11H11F3O2. The van der Waals surface area contributed by atoms with Gasteiger partial charge in [-0.15, -0.1) is 0 Å². The van der Waals surface area contributed by atoms with E-state index in [4.69, 9.17) is 0 Å². The van der Waals surface area contributed by atoms with Crippen LogP contribution in [0.3, 0.4) is 0 Å². The van der Waals surface area contributed by atoms with Gasteiger partial charge in [-0.25, -0.2) is 0 Å². The van der Waals surface area contributed by atoms with E-state index in [0.717, 1.165) is 12.1 Å². The van der Waals surface area contributed by atoms with Crippen LogP contribution in [0.4, 0.5) is 13.2 Å². The van der Waals surface area contributed by atoms with Crippen LogP contribution in [0.15, 0.2) is 24.3 Å². The Hall–Kier alpha value is -1.52. The van der Waals surface area contributed by atoms with Crippen LogP contribution in [0, 0.1) is 0 Å². The Morgan fingerprint density at radius 3 is 2.12 bits per heavy atom. The summed E-state index contributed by atoms with van der Waals surface area (Å²) in [6.07, 6.45) is -4.35. The van der Waals surface area contributed by atoms with Gasteiger partial charge in [0.15, 0.2) is 0 Å². The molecule has 0 saturated heterocycles. The molecule has 0 aromatic heterocycles. The fraction of sp³-hybridized carbons (Fsp3) is 0.364. The largest absolute Gasteiger partial charge is 0.469 e. The van der Waals surface area contributed by atoms with Crippen LogP contribution >= 0.6 is 0 Å². The van der Waals surface area contributed by atoms with Crippen LogP contribution in [0.1, 0.15) is 24.0 Å². The van der Waals surface area contributed by atoms with Crippen molar-refractivity contribution in [3.63, 3.8) is 0 Å². The monoisotopic (exact) mass is 232 g/mol. The third kappa shape index (κ3) is 2.74. The second-order valence-corrected chi connectivity index (χ2v) is 3.36. The lowest BCUT2D eigenvalue weighted by atomic mass is 10.00. The second kappa shape index (κ2) is 4.55. The predicted molar refractivity (Wildman–Crippen MR) is 51.9 cm³/mol. The summed E-state index contributed by atoms with van der Waals surface area (Å²) in [5.41, 5.74) is -0.229. The Bertz CT molecular complexity index is 368. The topological polar surface area (TPSA) is 26.3 Å². The molecule has 0 N–H and O–H groups in total. The minimum absolute atomic E-state index is 0.472. The van der Waals surface area contributed by atoms with Gasteiger partial charge in [0.2, 0.25) is 0 Å².